The molecule has 0 amide bonds. The Labute approximate surface area is 64.7 Å². The van der Waals surface area contributed by atoms with Crippen LogP contribution in [0.2, 0.25) is 0 Å². The molecule has 9 heavy (non-hydrogen) atoms. The van der Waals surface area contributed by atoms with E-state index < -0.39 is 7.14 Å². The van der Waals surface area contributed by atoms with Gasteiger partial charge in [-0.15, -0.1) is 0 Å². The van der Waals surface area contributed by atoms with Crippen LogP contribution in [0.15, 0.2) is 0 Å². The van der Waals surface area contributed by atoms with Crippen molar-refractivity contribution in [3.05, 3.63) is 0 Å². The molecule has 0 N–H and O–H groups in total. The molecule has 54 valence electrons. The van der Waals surface area contributed by atoms with Crippen LogP contribution in [0.3, 0.4) is 0 Å². The fourth-order valence-corrected chi connectivity index (χ4v) is 4.19. The smallest absolute Gasteiger partial charge is 0.0849 e. The second-order valence-electron chi connectivity index (χ2n) is 2.92. The van der Waals surface area contributed by atoms with Gasteiger partial charge in [0.15, 0.2) is 0 Å². The quantitative estimate of drug-likeness (QED) is 0.444. The minimum Gasteiger partial charge on any atom is -0.324 e. The number of hydrogen-bond acceptors (Lipinski definition) is 1. The minimum absolute atomic E-state index is 0.638. The normalized spacial score (nSPS) is 44.9. The highest BCUT2D eigenvalue weighted by atomic mass is 79.9. The first-order valence-electron chi connectivity index (χ1n) is 3.30. The molecule has 1 aliphatic rings. The molecule has 0 aliphatic carbocycles. The molecule has 0 aromatic carbocycles. The van der Waals surface area contributed by atoms with E-state index in [1.54, 1.807) is 0 Å². The van der Waals surface area contributed by atoms with Crippen molar-refractivity contribution in [1.82, 2.24) is 0 Å². The summed E-state index contributed by atoms with van der Waals surface area (Å²) in [5, 5.41) is 0. The Morgan fingerprint density at radius 3 is 2.22 bits per heavy atom. The Balaban J connectivity index is 2.44. The molecule has 0 radical (unpaired) electrons. The lowest BCUT2D eigenvalue weighted by atomic mass is 10.3. The van der Waals surface area contributed by atoms with Gasteiger partial charge in [-0.1, -0.05) is 15.9 Å². The zero-order valence-electron chi connectivity index (χ0n) is 5.64. The van der Waals surface area contributed by atoms with Gasteiger partial charge in [-0.3, -0.25) is 0 Å². The summed E-state index contributed by atoms with van der Waals surface area (Å²) in [5.41, 5.74) is 0. The molecule has 0 saturated carbocycles. The average Bonchev–Trinajstić information content (AvgIpc) is 1.78. The lowest BCUT2D eigenvalue weighted by Crippen LogP contribution is -2.12. The summed E-state index contributed by atoms with van der Waals surface area (Å²) in [6, 6.07) is 0. The predicted molar refractivity (Wildman–Crippen MR) is 45.2 cm³/mol. The Morgan fingerprint density at radius 1 is 1.44 bits per heavy atom. The number of hydrogen-bond donors (Lipinski definition) is 0. The van der Waals surface area contributed by atoms with Gasteiger partial charge in [-0.05, 0) is 19.5 Å². The average molecular weight is 211 g/mol. The fraction of sp³-hybridized carbons (Fsp3) is 1.00. The van der Waals surface area contributed by atoms with Crippen LogP contribution in [-0.4, -0.2) is 23.8 Å². The van der Waals surface area contributed by atoms with Crippen molar-refractivity contribution in [3.8, 4) is 0 Å². The van der Waals surface area contributed by atoms with Gasteiger partial charge in [-0.25, -0.2) is 0 Å². The summed E-state index contributed by atoms with van der Waals surface area (Å²) in [5.74, 6) is 0. The van der Waals surface area contributed by atoms with Crippen LogP contribution in [0.25, 0.3) is 0 Å². The van der Waals surface area contributed by atoms with E-state index in [2.05, 4.69) is 15.9 Å². The van der Waals surface area contributed by atoms with E-state index in [4.69, 9.17) is 0 Å². The van der Waals surface area contributed by atoms with Crippen LogP contribution in [0.5, 0.6) is 0 Å². The molecule has 1 aliphatic heterocycles. The molecular formula is C6H12BrOP. The van der Waals surface area contributed by atoms with Gasteiger partial charge in [0.2, 0.25) is 0 Å². The highest BCUT2D eigenvalue weighted by Gasteiger charge is 2.23. The lowest BCUT2D eigenvalue weighted by molar-refractivity contribution is 0.566. The number of halogens is 1. The van der Waals surface area contributed by atoms with E-state index >= 15 is 0 Å². The second-order valence-corrected chi connectivity index (χ2v) is 7.70. The number of alkyl halides is 1. The summed E-state index contributed by atoms with van der Waals surface area (Å²) < 4.78 is 11.4. The Bertz CT molecular complexity index is 134. The highest BCUT2D eigenvalue weighted by Crippen LogP contribution is 2.47. The lowest BCUT2D eigenvalue weighted by Gasteiger charge is -2.21. The van der Waals surface area contributed by atoms with Crippen LogP contribution in [0.1, 0.15) is 12.8 Å². The summed E-state index contributed by atoms with van der Waals surface area (Å²) in [4.78, 5) is 0.638. The zero-order chi connectivity index (χ0) is 6.91. The molecule has 0 atom stereocenters. The van der Waals surface area contributed by atoms with Crippen molar-refractivity contribution in [1.29, 1.82) is 0 Å². The first-order chi connectivity index (χ1) is 4.10. The van der Waals surface area contributed by atoms with Crippen LogP contribution < -0.4 is 0 Å². The van der Waals surface area contributed by atoms with Gasteiger partial charge in [0.25, 0.3) is 0 Å². The van der Waals surface area contributed by atoms with Crippen molar-refractivity contribution in [2.24, 2.45) is 0 Å². The molecule has 1 fully saturated rings. The van der Waals surface area contributed by atoms with Gasteiger partial charge in [0, 0.05) is 17.2 Å². The maximum Gasteiger partial charge on any atom is 0.0849 e. The molecule has 0 unspecified atom stereocenters. The van der Waals surface area contributed by atoms with Gasteiger partial charge in [0.05, 0.1) is 7.14 Å². The Kier molecular flexibility index (Phi) is 2.39. The highest BCUT2D eigenvalue weighted by molar-refractivity contribution is 9.09. The standard InChI is InChI=1S/C6H12BrOP/c1-9(8)4-2-6(7)3-5-9/h6H,2-5H2,1H3. The monoisotopic (exact) mass is 210 g/mol. The SMILES string of the molecule is CP1(=O)CCC(Br)CC1. The maximum atomic E-state index is 11.4. The van der Waals surface area contributed by atoms with Crippen molar-refractivity contribution in [3.63, 3.8) is 0 Å². The van der Waals surface area contributed by atoms with E-state index in [9.17, 15) is 4.57 Å². The van der Waals surface area contributed by atoms with E-state index in [1.807, 2.05) is 6.66 Å². The summed E-state index contributed by atoms with van der Waals surface area (Å²) in [6.07, 6.45) is 4.10. The Hall–Kier alpha value is 0.710. The zero-order valence-corrected chi connectivity index (χ0v) is 8.12. The van der Waals surface area contributed by atoms with Crippen molar-refractivity contribution >= 4 is 23.1 Å². The minimum atomic E-state index is -1.65. The molecule has 1 nitrogen and oxygen atoms in total. The van der Waals surface area contributed by atoms with Crippen LogP contribution in [-0.2, 0) is 4.57 Å². The van der Waals surface area contributed by atoms with Gasteiger partial charge < -0.3 is 4.57 Å². The molecule has 1 heterocycles. The Morgan fingerprint density at radius 2 is 1.89 bits per heavy atom. The van der Waals surface area contributed by atoms with Crippen LogP contribution in [0.4, 0.5) is 0 Å². The van der Waals surface area contributed by atoms with Crippen LogP contribution >= 0.6 is 23.1 Å². The first-order valence-corrected chi connectivity index (χ1v) is 6.74. The van der Waals surface area contributed by atoms with Gasteiger partial charge in [0.1, 0.15) is 0 Å². The molecule has 0 spiro atoms. The van der Waals surface area contributed by atoms with Gasteiger partial charge in [-0.2, -0.15) is 0 Å². The molecular weight excluding hydrogens is 199 g/mol. The van der Waals surface area contributed by atoms with Gasteiger partial charge >= 0.3 is 0 Å². The summed E-state index contributed by atoms with van der Waals surface area (Å²) in [6.45, 7) is 1.92. The summed E-state index contributed by atoms with van der Waals surface area (Å²) in [7, 11) is -1.65. The third-order valence-electron chi connectivity index (χ3n) is 1.83. The van der Waals surface area contributed by atoms with E-state index in [0.29, 0.717) is 4.83 Å². The van der Waals surface area contributed by atoms with Crippen molar-refractivity contribution in [2.45, 2.75) is 17.7 Å². The third kappa shape index (κ3) is 2.43. The van der Waals surface area contributed by atoms with Crippen LogP contribution in [0, 0.1) is 0 Å². The summed E-state index contributed by atoms with van der Waals surface area (Å²) >= 11 is 3.52. The predicted octanol–water partition coefficient (Wildman–Crippen LogP) is 2.54. The maximum absolute atomic E-state index is 11.4. The largest absolute Gasteiger partial charge is 0.324 e. The molecule has 1 saturated heterocycles. The molecule has 3 heteroatoms. The number of rotatable bonds is 0. The van der Waals surface area contributed by atoms with E-state index in [0.717, 1.165) is 25.2 Å². The topological polar surface area (TPSA) is 17.1 Å². The fourth-order valence-electron chi connectivity index (χ4n) is 1.08. The molecule has 0 aromatic heterocycles. The van der Waals surface area contributed by atoms with Crippen molar-refractivity contribution < 1.29 is 4.57 Å². The van der Waals surface area contributed by atoms with E-state index in [-0.39, 0.29) is 0 Å². The second kappa shape index (κ2) is 2.75. The first kappa shape index (κ1) is 7.81. The molecule has 0 bridgehead atoms. The third-order valence-corrected chi connectivity index (χ3v) is 5.15. The molecule has 1 rings (SSSR count). The van der Waals surface area contributed by atoms with Crippen molar-refractivity contribution in [2.75, 3.05) is 19.0 Å². The van der Waals surface area contributed by atoms with E-state index in [1.165, 1.54) is 0 Å². The molecule has 0 aromatic rings.